The molecule has 0 radical (unpaired) electrons. The highest BCUT2D eigenvalue weighted by atomic mass is 35.5. The van der Waals surface area contributed by atoms with Crippen molar-refractivity contribution in [3.8, 4) is 11.7 Å². The number of benzene rings is 2. The number of imidazole rings is 2. The first kappa shape index (κ1) is 19.3. The summed E-state index contributed by atoms with van der Waals surface area (Å²) in [5, 5.41) is 0.770. The van der Waals surface area contributed by atoms with Crippen LogP contribution in [0.5, 0.6) is 5.75 Å². The Kier molecular flexibility index (Phi) is 4.24. The van der Waals surface area contributed by atoms with E-state index < -0.39 is 11.9 Å². The predicted octanol–water partition coefficient (Wildman–Crippen LogP) is 4.28. The second-order valence-electron chi connectivity index (χ2n) is 7.39. The Labute approximate surface area is 189 Å². The molecule has 6 rings (SSSR count). The van der Waals surface area contributed by atoms with Gasteiger partial charge in [-0.3, -0.25) is 9.13 Å². The highest BCUT2D eigenvalue weighted by Gasteiger charge is 2.28. The number of H-pyrrole nitrogens is 1. The third-order valence-electron chi connectivity index (χ3n) is 5.56. The SMILES string of the molecule is O=c1[nH]c2cnc(-n3cnc4cc(Cl)c(Cl)cc43)nc2n1C1CCOc2c(F)cccc21. The third kappa shape index (κ3) is 2.81. The highest BCUT2D eigenvalue weighted by molar-refractivity contribution is 6.42. The highest BCUT2D eigenvalue weighted by Crippen LogP contribution is 2.37. The fourth-order valence-electron chi connectivity index (χ4n) is 4.11. The largest absolute Gasteiger partial charge is 0.490 e. The number of hydrogen-bond donors (Lipinski definition) is 1. The summed E-state index contributed by atoms with van der Waals surface area (Å²) in [6.07, 6.45) is 3.59. The minimum atomic E-state index is -0.462. The first-order chi connectivity index (χ1) is 15.5. The van der Waals surface area contributed by atoms with Gasteiger partial charge in [-0.25, -0.2) is 19.2 Å². The first-order valence-corrected chi connectivity index (χ1v) is 10.5. The van der Waals surface area contributed by atoms with E-state index in [1.165, 1.54) is 16.8 Å². The molecule has 2 aromatic carbocycles. The van der Waals surface area contributed by atoms with Crippen LogP contribution in [0, 0.1) is 5.82 Å². The molecule has 32 heavy (non-hydrogen) atoms. The van der Waals surface area contributed by atoms with Crippen LogP contribution < -0.4 is 10.4 Å². The van der Waals surface area contributed by atoms with Crippen LogP contribution in [-0.2, 0) is 0 Å². The Morgan fingerprint density at radius 3 is 2.91 bits per heavy atom. The molecule has 1 aliphatic heterocycles. The molecule has 4 heterocycles. The van der Waals surface area contributed by atoms with Crippen molar-refractivity contribution in [3.05, 3.63) is 74.8 Å². The Bertz CT molecular complexity index is 1590. The molecule has 1 aliphatic rings. The molecule has 8 nitrogen and oxygen atoms in total. The Hall–Kier alpha value is -3.43. The number of para-hydroxylation sites is 1. The summed E-state index contributed by atoms with van der Waals surface area (Å²) in [6, 6.07) is 7.59. The molecule has 160 valence electrons. The van der Waals surface area contributed by atoms with Crippen LogP contribution in [-0.4, -0.2) is 35.7 Å². The van der Waals surface area contributed by atoms with E-state index >= 15 is 0 Å². The van der Waals surface area contributed by atoms with Gasteiger partial charge in [0.15, 0.2) is 17.2 Å². The average molecular weight is 471 g/mol. The lowest BCUT2D eigenvalue weighted by molar-refractivity contribution is 0.244. The van der Waals surface area contributed by atoms with E-state index in [4.69, 9.17) is 27.9 Å². The summed E-state index contributed by atoms with van der Waals surface area (Å²) in [5.74, 6) is -0.0000945. The van der Waals surface area contributed by atoms with E-state index in [1.807, 2.05) is 0 Å². The summed E-state index contributed by atoms with van der Waals surface area (Å²) in [7, 11) is 0. The van der Waals surface area contributed by atoms with E-state index in [-0.39, 0.29) is 18.0 Å². The maximum Gasteiger partial charge on any atom is 0.328 e. The molecule has 0 saturated carbocycles. The van der Waals surface area contributed by atoms with Crippen LogP contribution in [0.1, 0.15) is 18.0 Å². The maximum absolute atomic E-state index is 14.3. The van der Waals surface area contributed by atoms with Gasteiger partial charge in [0, 0.05) is 12.0 Å². The zero-order chi connectivity index (χ0) is 22.0. The fraction of sp³-hybridized carbons (Fsp3) is 0.143. The molecule has 0 aliphatic carbocycles. The second-order valence-corrected chi connectivity index (χ2v) is 8.20. The molecule has 11 heteroatoms. The van der Waals surface area contributed by atoms with Crippen LogP contribution in [0.3, 0.4) is 0 Å². The predicted molar refractivity (Wildman–Crippen MR) is 117 cm³/mol. The van der Waals surface area contributed by atoms with Gasteiger partial charge in [-0.1, -0.05) is 35.3 Å². The molecule has 3 aromatic heterocycles. The summed E-state index contributed by atoms with van der Waals surface area (Å²) in [6.45, 7) is 0.279. The van der Waals surface area contributed by atoms with Gasteiger partial charge in [-0.15, -0.1) is 0 Å². The van der Waals surface area contributed by atoms with Crippen molar-refractivity contribution in [1.29, 1.82) is 0 Å². The zero-order valence-electron chi connectivity index (χ0n) is 16.2. The Morgan fingerprint density at radius 2 is 2.03 bits per heavy atom. The quantitative estimate of drug-likeness (QED) is 0.415. The smallest absolute Gasteiger partial charge is 0.328 e. The average Bonchev–Trinajstić information content (AvgIpc) is 3.33. The lowest BCUT2D eigenvalue weighted by atomic mass is 10.00. The molecule has 1 atom stereocenters. The lowest BCUT2D eigenvalue weighted by Crippen LogP contribution is -2.28. The van der Waals surface area contributed by atoms with Crippen LogP contribution >= 0.6 is 23.2 Å². The summed E-state index contributed by atoms with van der Waals surface area (Å²) < 4.78 is 23.0. The van der Waals surface area contributed by atoms with Gasteiger partial charge in [-0.2, -0.15) is 4.98 Å². The number of aromatic nitrogens is 6. The normalized spacial score (nSPS) is 15.8. The van der Waals surface area contributed by atoms with E-state index in [9.17, 15) is 9.18 Å². The van der Waals surface area contributed by atoms with Crippen LogP contribution in [0.4, 0.5) is 4.39 Å². The maximum atomic E-state index is 14.3. The van der Waals surface area contributed by atoms with Crippen LogP contribution in [0.2, 0.25) is 10.0 Å². The molecular formula is C21H13Cl2FN6O2. The summed E-state index contributed by atoms with van der Waals surface area (Å²) >= 11 is 12.3. The number of nitrogens with zero attached hydrogens (tertiary/aromatic N) is 5. The minimum absolute atomic E-state index is 0.159. The fourth-order valence-corrected chi connectivity index (χ4v) is 4.43. The molecule has 0 fully saturated rings. The number of fused-ring (bicyclic) bond motifs is 3. The van der Waals surface area contributed by atoms with Gasteiger partial charge in [0.1, 0.15) is 11.8 Å². The van der Waals surface area contributed by atoms with Crippen molar-refractivity contribution in [2.45, 2.75) is 12.5 Å². The lowest BCUT2D eigenvalue weighted by Gasteiger charge is -2.26. The van der Waals surface area contributed by atoms with Gasteiger partial charge in [0.25, 0.3) is 0 Å². The van der Waals surface area contributed by atoms with Crippen molar-refractivity contribution in [2.75, 3.05) is 6.61 Å². The number of nitrogens with one attached hydrogen (secondary N) is 1. The van der Waals surface area contributed by atoms with E-state index in [0.29, 0.717) is 50.2 Å². The van der Waals surface area contributed by atoms with E-state index in [2.05, 4.69) is 19.9 Å². The molecule has 0 spiro atoms. The van der Waals surface area contributed by atoms with Gasteiger partial charge >= 0.3 is 5.69 Å². The van der Waals surface area contributed by atoms with Crippen LogP contribution in [0.15, 0.2) is 47.7 Å². The van der Waals surface area contributed by atoms with Gasteiger partial charge in [0.05, 0.1) is 39.9 Å². The monoisotopic (exact) mass is 470 g/mol. The minimum Gasteiger partial charge on any atom is -0.490 e. The van der Waals surface area contributed by atoms with E-state index in [0.717, 1.165) is 0 Å². The summed E-state index contributed by atoms with van der Waals surface area (Å²) in [5.41, 5.74) is 2.38. The Morgan fingerprint density at radius 1 is 1.19 bits per heavy atom. The Balaban J connectivity index is 1.55. The number of aromatic amines is 1. The second kappa shape index (κ2) is 7.04. The standard InChI is InChI=1S/C21H13Cl2FN6O2/c22-11-6-14-17(7-12(11)23)29(9-26-14)20-25-8-15-19(28-20)30(21(31)27-15)16-4-5-32-18-10(16)2-1-3-13(18)24/h1-3,6-9,16H,4-5H2,(H,27,31). The number of hydrogen-bond acceptors (Lipinski definition) is 5. The molecule has 0 saturated heterocycles. The van der Waals surface area contributed by atoms with Crippen LogP contribution in [0.25, 0.3) is 28.1 Å². The number of ether oxygens (including phenoxy) is 1. The topological polar surface area (TPSA) is 90.6 Å². The van der Waals surface area contributed by atoms with E-state index in [1.54, 1.807) is 35.2 Å². The molecule has 1 N–H and O–H groups in total. The van der Waals surface area contributed by atoms with Crippen molar-refractivity contribution < 1.29 is 9.13 Å². The molecule has 1 unspecified atom stereocenters. The number of halogens is 3. The van der Waals surface area contributed by atoms with Gasteiger partial charge in [0.2, 0.25) is 5.95 Å². The third-order valence-corrected chi connectivity index (χ3v) is 6.28. The van der Waals surface area contributed by atoms with Crippen molar-refractivity contribution in [1.82, 2.24) is 29.1 Å². The van der Waals surface area contributed by atoms with Crippen molar-refractivity contribution >= 4 is 45.4 Å². The van der Waals surface area contributed by atoms with Gasteiger partial charge in [-0.05, 0) is 18.2 Å². The zero-order valence-corrected chi connectivity index (χ0v) is 17.7. The van der Waals surface area contributed by atoms with Crippen molar-refractivity contribution in [2.24, 2.45) is 0 Å². The number of rotatable bonds is 2. The first-order valence-electron chi connectivity index (χ1n) is 9.72. The summed E-state index contributed by atoms with van der Waals surface area (Å²) in [4.78, 5) is 29.0. The molecule has 0 bridgehead atoms. The molecule has 5 aromatic rings. The van der Waals surface area contributed by atoms with Gasteiger partial charge < -0.3 is 9.72 Å². The molecular weight excluding hydrogens is 458 g/mol. The molecule has 0 amide bonds. The van der Waals surface area contributed by atoms with Crippen molar-refractivity contribution in [3.63, 3.8) is 0 Å².